The van der Waals surface area contributed by atoms with Gasteiger partial charge in [-0.25, -0.2) is 4.79 Å². The summed E-state index contributed by atoms with van der Waals surface area (Å²) in [5, 5.41) is 21.6. The number of methoxy groups -OCH3 is 1. The summed E-state index contributed by atoms with van der Waals surface area (Å²) < 4.78 is 4.78. The van der Waals surface area contributed by atoms with Crippen LogP contribution < -0.4 is 5.32 Å². The third-order valence-electron chi connectivity index (χ3n) is 4.29. The lowest BCUT2D eigenvalue weighted by atomic mass is 10.0. The van der Waals surface area contributed by atoms with Crippen LogP contribution in [0.5, 0.6) is 5.75 Å². The van der Waals surface area contributed by atoms with E-state index in [4.69, 9.17) is 9.84 Å². The molecule has 0 aromatic heterocycles. The van der Waals surface area contributed by atoms with Crippen molar-refractivity contribution in [1.29, 1.82) is 0 Å². The van der Waals surface area contributed by atoms with Crippen LogP contribution in [0, 0.1) is 0 Å². The zero-order chi connectivity index (χ0) is 19.4. The van der Waals surface area contributed by atoms with Crippen molar-refractivity contribution in [2.24, 2.45) is 0 Å². The highest BCUT2D eigenvalue weighted by Gasteiger charge is 2.34. The molecule has 0 radical (unpaired) electrons. The van der Waals surface area contributed by atoms with Crippen LogP contribution in [0.3, 0.4) is 0 Å². The normalized spacial score (nSPS) is 13.9. The summed E-state index contributed by atoms with van der Waals surface area (Å²) in [5.74, 6) is -0.762. The maximum Gasteiger partial charge on any atom is 0.337 e. The molecule has 7 heteroatoms. The number of nitrogens with zero attached hydrogens (tertiary/aromatic N) is 1. The van der Waals surface area contributed by atoms with E-state index in [1.165, 1.54) is 12.0 Å². The first-order chi connectivity index (χ1) is 13.0. The molecule has 0 spiro atoms. The van der Waals surface area contributed by atoms with E-state index in [1.807, 2.05) is 18.2 Å². The van der Waals surface area contributed by atoms with Gasteiger partial charge in [-0.05, 0) is 35.4 Å². The number of amides is 1. The number of β-amino-alcohol motifs (C(OH)–C–C–N with tert-alkyl or cyclic N) is 1. The molecule has 3 rings (SSSR count). The van der Waals surface area contributed by atoms with Gasteiger partial charge in [-0.2, -0.15) is 0 Å². The number of carbonyl (C=O) groups is 2. The number of aliphatic hydroxyl groups excluding tert-OH is 1. The molecular formula is C20H20N2O5. The van der Waals surface area contributed by atoms with Gasteiger partial charge in [0, 0.05) is 12.2 Å². The number of hydrogen-bond donors (Lipinski definition) is 3. The minimum Gasteiger partial charge on any atom is -0.508 e. The minimum absolute atomic E-state index is 0.0893. The fourth-order valence-corrected chi connectivity index (χ4v) is 2.92. The van der Waals surface area contributed by atoms with Gasteiger partial charge in [-0.1, -0.05) is 24.3 Å². The van der Waals surface area contributed by atoms with Gasteiger partial charge in [-0.3, -0.25) is 4.79 Å². The quantitative estimate of drug-likeness (QED) is 0.672. The number of esters is 1. The molecule has 7 nitrogen and oxygen atoms in total. The second-order valence-corrected chi connectivity index (χ2v) is 6.05. The lowest BCUT2D eigenvalue weighted by molar-refractivity contribution is -0.136. The van der Waals surface area contributed by atoms with E-state index in [2.05, 4.69) is 5.32 Å². The number of benzene rings is 2. The number of phenols is 1. The Hall–Kier alpha value is -3.32. The molecule has 0 aliphatic carbocycles. The van der Waals surface area contributed by atoms with Crippen LogP contribution >= 0.6 is 0 Å². The molecule has 2 aromatic carbocycles. The SMILES string of the molecule is COC(=O)C1=C(Nc2cccc(-c3ccc(O)cc3)c2)C(=O)N(CCO)C1. The Kier molecular flexibility index (Phi) is 5.42. The zero-order valence-electron chi connectivity index (χ0n) is 14.8. The first-order valence-electron chi connectivity index (χ1n) is 8.41. The number of hydrogen-bond acceptors (Lipinski definition) is 6. The Labute approximate surface area is 156 Å². The molecule has 0 saturated heterocycles. The summed E-state index contributed by atoms with van der Waals surface area (Å²) in [6.45, 7) is 0.0356. The number of aliphatic hydroxyl groups is 1. The van der Waals surface area contributed by atoms with E-state index in [-0.39, 0.29) is 42.6 Å². The standard InChI is InChI=1S/C20H20N2O5/c1-27-20(26)17-12-22(9-10-23)19(25)18(17)21-15-4-2-3-14(11-15)13-5-7-16(24)8-6-13/h2-8,11,21,23-24H,9-10,12H2,1H3. The van der Waals surface area contributed by atoms with Crippen LogP contribution in [0.1, 0.15) is 0 Å². The Morgan fingerprint density at radius 3 is 2.59 bits per heavy atom. The maximum absolute atomic E-state index is 12.6. The number of aromatic hydroxyl groups is 1. The van der Waals surface area contributed by atoms with E-state index in [0.717, 1.165) is 11.1 Å². The van der Waals surface area contributed by atoms with Crippen molar-refractivity contribution in [1.82, 2.24) is 4.90 Å². The van der Waals surface area contributed by atoms with Crippen molar-refractivity contribution in [2.75, 3.05) is 32.1 Å². The number of anilines is 1. The van der Waals surface area contributed by atoms with Gasteiger partial charge in [-0.15, -0.1) is 0 Å². The summed E-state index contributed by atoms with van der Waals surface area (Å²) in [4.78, 5) is 26.0. The van der Waals surface area contributed by atoms with Crippen molar-refractivity contribution in [3.63, 3.8) is 0 Å². The van der Waals surface area contributed by atoms with E-state index in [9.17, 15) is 14.7 Å². The largest absolute Gasteiger partial charge is 0.508 e. The van der Waals surface area contributed by atoms with Crippen LogP contribution in [0.4, 0.5) is 5.69 Å². The highest BCUT2D eigenvalue weighted by atomic mass is 16.5. The highest BCUT2D eigenvalue weighted by Crippen LogP contribution is 2.27. The summed E-state index contributed by atoms with van der Waals surface area (Å²) in [7, 11) is 1.26. The van der Waals surface area contributed by atoms with Gasteiger partial charge in [0.1, 0.15) is 11.4 Å². The van der Waals surface area contributed by atoms with Gasteiger partial charge in [0.25, 0.3) is 5.91 Å². The fraction of sp³-hybridized carbons (Fsp3) is 0.200. The molecule has 0 bridgehead atoms. The zero-order valence-corrected chi connectivity index (χ0v) is 14.8. The van der Waals surface area contributed by atoms with Crippen LogP contribution in [0.25, 0.3) is 11.1 Å². The number of ether oxygens (including phenoxy) is 1. The Balaban J connectivity index is 1.90. The molecule has 0 saturated carbocycles. The predicted molar refractivity (Wildman–Crippen MR) is 99.9 cm³/mol. The third-order valence-corrected chi connectivity index (χ3v) is 4.29. The van der Waals surface area contributed by atoms with Gasteiger partial charge >= 0.3 is 5.97 Å². The first-order valence-corrected chi connectivity index (χ1v) is 8.41. The van der Waals surface area contributed by atoms with Crippen LogP contribution in [0.2, 0.25) is 0 Å². The van der Waals surface area contributed by atoms with Crippen LogP contribution in [-0.2, 0) is 14.3 Å². The third kappa shape index (κ3) is 3.93. The maximum atomic E-state index is 12.6. The molecule has 1 aliphatic heterocycles. The second-order valence-electron chi connectivity index (χ2n) is 6.05. The Morgan fingerprint density at radius 2 is 1.93 bits per heavy atom. The fourth-order valence-electron chi connectivity index (χ4n) is 2.92. The summed E-state index contributed by atoms with van der Waals surface area (Å²) in [5.41, 5.74) is 2.80. The van der Waals surface area contributed by atoms with E-state index in [1.54, 1.807) is 30.3 Å². The number of carbonyl (C=O) groups excluding carboxylic acids is 2. The number of rotatable bonds is 6. The van der Waals surface area contributed by atoms with Crippen molar-refractivity contribution >= 4 is 17.6 Å². The van der Waals surface area contributed by atoms with E-state index >= 15 is 0 Å². The number of phenolic OH excluding ortho intramolecular Hbond substituents is 1. The number of nitrogens with one attached hydrogen (secondary N) is 1. The minimum atomic E-state index is -0.582. The summed E-state index contributed by atoms with van der Waals surface area (Å²) in [6.07, 6.45) is 0. The van der Waals surface area contributed by atoms with Gasteiger partial charge < -0.3 is 25.2 Å². The van der Waals surface area contributed by atoms with Crippen LogP contribution in [0.15, 0.2) is 59.8 Å². The second kappa shape index (κ2) is 7.92. The molecule has 140 valence electrons. The lowest BCUT2D eigenvalue weighted by Gasteiger charge is -2.15. The molecule has 1 aliphatic rings. The highest BCUT2D eigenvalue weighted by molar-refractivity contribution is 6.08. The molecule has 0 fully saturated rings. The van der Waals surface area contributed by atoms with Crippen LogP contribution in [-0.4, -0.2) is 53.8 Å². The molecule has 3 N–H and O–H groups in total. The van der Waals surface area contributed by atoms with Gasteiger partial charge in [0.15, 0.2) is 0 Å². The molecule has 2 aromatic rings. The van der Waals surface area contributed by atoms with Crippen molar-refractivity contribution < 1.29 is 24.5 Å². The molecule has 1 amide bonds. The average molecular weight is 368 g/mol. The predicted octanol–water partition coefficient (Wildman–Crippen LogP) is 1.73. The lowest BCUT2D eigenvalue weighted by Crippen LogP contribution is -2.31. The topological polar surface area (TPSA) is 99.1 Å². The summed E-state index contributed by atoms with van der Waals surface area (Å²) >= 11 is 0. The molecule has 0 unspecified atom stereocenters. The van der Waals surface area contributed by atoms with Crippen molar-refractivity contribution in [3.8, 4) is 16.9 Å². The smallest absolute Gasteiger partial charge is 0.337 e. The first kappa shape index (κ1) is 18.5. The molecule has 1 heterocycles. The summed E-state index contributed by atoms with van der Waals surface area (Å²) in [6, 6.07) is 14.1. The Bertz CT molecular complexity index is 890. The molecule has 27 heavy (non-hydrogen) atoms. The Morgan fingerprint density at radius 1 is 1.19 bits per heavy atom. The average Bonchev–Trinajstić information content (AvgIpc) is 2.98. The van der Waals surface area contributed by atoms with Gasteiger partial charge in [0.2, 0.25) is 0 Å². The molecule has 0 atom stereocenters. The van der Waals surface area contributed by atoms with Crippen molar-refractivity contribution in [2.45, 2.75) is 0 Å². The monoisotopic (exact) mass is 368 g/mol. The molecular weight excluding hydrogens is 348 g/mol. The van der Waals surface area contributed by atoms with Gasteiger partial charge in [0.05, 0.1) is 25.8 Å². The van der Waals surface area contributed by atoms with E-state index in [0.29, 0.717) is 5.69 Å². The van der Waals surface area contributed by atoms with Crippen molar-refractivity contribution in [3.05, 3.63) is 59.8 Å². The van der Waals surface area contributed by atoms with E-state index < -0.39 is 5.97 Å².